The second-order valence-electron chi connectivity index (χ2n) is 7.14. The van der Waals surface area contributed by atoms with Crippen LogP contribution in [0, 0.1) is 5.92 Å². The van der Waals surface area contributed by atoms with Gasteiger partial charge in [-0.1, -0.05) is 18.2 Å². The normalized spacial score (nSPS) is 26.0. The Morgan fingerprint density at radius 2 is 1.92 bits per heavy atom. The highest BCUT2D eigenvalue weighted by Crippen LogP contribution is 2.30. The maximum atomic E-state index is 12.6. The lowest BCUT2D eigenvalue weighted by molar-refractivity contribution is -0.135. The number of likely N-dealkylation sites (N-methyl/N-ethyl adjacent to an activating group) is 1. The fraction of sp³-hybridized carbons (Fsp3) is 0.579. The molecular formula is C19H26N2O3. The van der Waals surface area contributed by atoms with E-state index in [0.717, 1.165) is 18.4 Å². The van der Waals surface area contributed by atoms with Crippen LogP contribution in [0.5, 0.6) is 0 Å². The van der Waals surface area contributed by atoms with E-state index in [1.807, 2.05) is 6.07 Å². The number of benzene rings is 1. The van der Waals surface area contributed by atoms with E-state index in [-0.39, 0.29) is 11.9 Å². The summed E-state index contributed by atoms with van der Waals surface area (Å²) in [5.41, 5.74) is 9.10. The molecule has 3 rings (SSSR count). The number of fused-ring (bicyclic) bond motifs is 1. The van der Waals surface area contributed by atoms with Crippen molar-refractivity contribution >= 4 is 11.8 Å². The third-order valence-electron chi connectivity index (χ3n) is 5.60. The average Bonchev–Trinajstić information content (AvgIpc) is 2.95. The molecule has 0 spiro atoms. The van der Waals surface area contributed by atoms with Crippen molar-refractivity contribution in [2.45, 2.75) is 57.1 Å². The number of hydrogen-bond donors (Lipinski definition) is 2. The molecule has 5 heteroatoms. The van der Waals surface area contributed by atoms with Gasteiger partial charge in [0.05, 0.1) is 24.5 Å². The van der Waals surface area contributed by atoms with Crippen molar-refractivity contribution in [3.63, 3.8) is 0 Å². The first kappa shape index (κ1) is 17.0. The Morgan fingerprint density at radius 3 is 2.58 bits per heavy atom. The summed E-state index contributed by atoms with van der Waals surface area (Å²) >= 11 is 0. The van der Waals surface area contributed by atoms with Crippen LogP contribution in [0.3, 0.4) is 0 Å². The van der Waals surface area contributed by atoms with Crippen molar-refractivity contribution in [3.05, 3.63) is 34.9 Å². The topological polar surface area (TPSA) is 83.6 Å². The molecule has 2 aliphatic carbocycles. The lowest BCUT2D eigenvalue weighted by atomic mass is 9.90. The molecule has 1 aromatic carbocycles. The number of nitrogens with two attached hydrogens (primary N) is 1. The molecule has 0 unspecified atom stereocenters. The van der Waals surface area contributed by atoms with Crippen LogP contribution < -0.4 is 5.73 Å². The summed E-state index contributed by atoms with van der Waals surface area (Å²) in [5, 5.41) is 10.3. The van der Waals surface area contributed by atoms with E-state index in [4.69, 9.17) is 5.73 Å². The second-order valence-corrected chi connectivity index (χ2v) is 7.14. The van der Waals surface area contributed by atoms with Gasteiger partial charge in [-0.3, -0.25) is 9.59 Å². The van der Waals surface area contributed by atoms with Gasteiger partial charge < -0.3 is 15.7 Å². The van der Waals surface area contributed by atoms with E-state index in [1.165, 1.54) is 24.0 Å². The van der Waals surface area contributed by atoms with Gasteiger partial charge in [-0.2, -0.15) is 0 Å². The van der Waals surface area contributed by atoms with Crippen molar-refractivity contribution in [3.8, 4) is 0 Å². The molecule has 3 N–H and O–H groups in total. The number of carbonyl (C=O) groups is 2. The van der Waals surface area contributed by atoms with Crippen LogP contribution in [0.4, 0.5) is 0 Å². The Balaban J connectivity index is 1.65. The Labute approximate surface area is 142 Å². The SMILES string of the molecule is CN(C(=O)Cc1ccc2c(c1)CCCC2)[C@@H]1CC[C@@H](C(N)=O)[C@@H]1O. The molecule has 1 saturated carbocycles. The predicted octanol–water partition coefficient (Wildman–Crippen LogP) is 1.19. The number of rotatable bonds is 4. The van der Waals surface area contributed by atoms with Crippen LogP contribution in [-0.2, 0) is 28.9 Å². The van der Waals surface area contributed by atoms with Gasteiger partial charge in [0.25, 0.3) is 0 Å². The first-order chi connectivity index (χ1) is 11.5. The van der Waals surface area contributed by atoms with E-state index in [0.29, 0.717) is 19.3 Å². The van der Waals surface area contributed by atoms with Crippen LogP contribution >= 0.6 is 0 Å². The standard InChI is InChI=1S/C19H26N2O3/c1-21(16-9-8-15(18(16)23)19(20)24)17(22)11-12-6-7-13-4-2-3-5-14(13)10-12/h6-7,10,15-16,18,23H,2-5,8-9,11H2,1H3,(H2,20,24)/t15-,16-,18+/m1/s1. The molecular weight excluding hydrogens is 304 g/mol. The maximum absolute atomic E-state index is 12.6. The minimum absolute atomic E-state index is 0.0278. The molecule has 1 aromatic rings. The summed E-state index contributed by atoms with van der Waals surface area (Å²) in [5.74, 6) is -1.06. The van der Waals surface area contributed by atoms with E-state index in [1.54, 1.807) is 11.9 Å². The molecule has 5 nitrogen and oxygen atoms in total. The molecule has 0 aromatic heterocycles. The Kier molecular flexibility index (Phi) is 4.90. The number of amides is 2. The third kappa shape index (κ3) is 3.31. The summed E-state index contributed by atoms with van der Waals surface area (Å²) in [6, 6.07) is 6.00. The van der Waals surface area contributed by atoms with E-state index >= 15 is 0 Å². The minimum atomic E-state index is -0.861. The molecule has 0 heterocycles. The first-order valence-electron chi connectivity index (χ1n) is 8.81. The molecule has 24 heavy (non-hydrogen) atoms. The van der Waals surface area contributed by atoms with E-state index < -0.39 is 17.9 Å². The maximum Gasteiger partial charge on any atom is 0.227 e. The Bertz CT molecular complexity index is 643. The number of aliphatic hydroxyl groups is 1. The zero-order valence-electron chi connectivity index (χ0n) is 14.2. The summed E-state index contributed by atoms with van der Waals surface area (Å²) in [6.07, 6.45) is 5.30. The number of primary amides is 1. The lowest BCUT2D eigenvalue weighted by Gasteiger charge is -2.28. The Hall–Kier alpha value is -1.88. The summed E-state index contributed by atoms with van der Waals surface area (Å²) in [7, 11) is 1.71. The van der Waals surface area contributed by atoms with Gasteiger partial charge in [-0.15, -0.1) is 0 Å². The van der Waals surface area contributed by atoms with Crippen LogP contribution in [0.1, 0.15) is 42.4 Å². The summed E-state index contributed by atoms with van der Waals surface area (Å²) in [4.78, 5) is 25.5. The Morgan fingerprint density at radius 1 is 1.21 bits per heavy atom. The lowest BCUT2D eigenvalue weighted by Crippen LogP contribution is -2.45. The molecule has 0 aliphatic heterocycles. The number of nitrogens with zero attached hydrogens (tertiary/aromatic N) is 1. The number of hydrogen-bond acceptors (Lipinski definition) is 3. The molecule has 0 radical (unpaired) electrons. The highest BCUT2D eigenvalue weighted by atomic mass is 16.3. The third-order valence-corrected chi connectivity index (χ3v) is 5.60. The van der Waals surface area contributed by atoms with Gasteiger partial charge in [0.2, 0.25) is 11.8 Å². The van der Waals surface area contributed by atoms with Gasteiger partial charge in [-0.25, -0.2) is 0 Å². The van der Waals surface area contributed by atoms with E-state index in [9.17, 15) is 14.7 Å². The molecule has 3 atom stereocenters. The van der Waals surface area contributed by atoms with Crippen molar-refractivity contribution in [2.75, 3.05) is 7.05 Å². The smallest absolute Gasteiger partial charge is 0.227 e. The van der Waals surface area contributed by atoms with Crippen LogP contribution in [0.15, 0.2) is 18.2 Å². The van der Waals surface area contributed by atoms with Crippen LogP contribution in [-0.4, -0.2) is 41.0 Å². The van der Waals surface area contributed by atoms with Gasteiger partial charge in [-0.05, 0) is 55.2 Å². The fourth-order valence-electron chi connectivity index (χ4n) is 4.07. The monoisotopic (exact) mass is 330 g/mol. The molecule has 0 saturated heterocycles. The second kappa shape index (κ2) is 6.93. The highest BCUT2D eigenvalue weighted by Gasteiger charge is 2.41. The summed E-state index contributed by atoms with van der Waals surface area (Å²) < 4.78 is 0. The number of carbonyl (C=O) groups excluding carboxylic acids is 2. The van der Waals surface area contributed by atoms with Gasteiger partial charge in [0.1, 0.15) is 0 Å². The molecule has 2 aliphatic rings. The van der Waals surface area contributed by atoms with Crippen molar-refractivity contribution in [1.82, 2.24) is 4.90 Å². The van der Waals surface area contributed by atoms with E-state index in [2.05, 4.69) is 12.1 Å². The minimum Gasteiger partial charge on any atom is -0.390 e. The quantitative estimate of drug-likeness (QED) is 0.870. The predicted molar refractivity (Wildman–Crippen MR) is 91.3 cm³/mol. The molecule has 0 bridgehead atoms. The van der Waals surface area contributed by atoms with Crippen molar-refractivity contribution in [2.24, 2.45) is 11.7 Å². The fourth-order valence-corrected chi connectivity index (χ4v) is 4.07. The van der Waals surface area contributed by atoms with Crippen molar-refractivity contribution < 1.29 is 14.7 Å². The van der Waals surface area contributed by atoms with Gasteiger partial charge in [0, 0.05) is 7.05 Å². The average molecular weight is 330 g/mol. The van der Waals surface area contributed by atoms with Crippen LogP contribution in [0.25, 0.3) is 0 Å². The molecule has 130 valence electrons. The zero-order chi connectivity index (χ0) is 17.3. The first-order valence-corrected chi connectivity index (χ1v) is 8.81. The number of aryl methyl sites for hydroxylation is 2. The zero-order valence-corrected chi connectivity index (χ0v) is 14.2. The molecule has 1 fully saturated rings. The van der Waals surface area contributed by atoms with Crippen LogP contribution in [0.2, 0.25) is 0 Å². The van der Waals surface area contributed by atoms with Gasteiger partial charge >= 0.3 is 0 Å². The summed E-state index contributed by atoms with van der Waals surface area (Å²) in [6.45, 7) is 0. The highest BCUT2D eigenvalue weighted by molar-refractivity contribution is 5.80. The largest absolute Gasteiger partial charge is 0.390 e. The molecule has 2 amide bonds. The van der Waals surface area contributed by atoms with Gasteiger partial charge in [0.15, 0.2) is 0 Å². The van der Waals surface area contributed by atoms with Crippen molar-refractivity contribution in [1.29, 1.82) is 0 Å². The number of aliphatic hydroxyl groups excluding tert-OH is 1.